The predicted molar refractivity (Wildman–Crippen MR) is 37.0 cm³/mol. The van der Waals surface area contributed by atoms with Crippen molar-refractivity contribution >= 4 is 0 Å². The van der Waals surface area contributed by atoms with E-state index in [9.17, 15) is 0 Å². The molecule has 9 heavy (non-hydrogen) atoms. The molecule has 0 atom stereocenters. The molecular weight excluding hydrogens is 114 g/mol. The number of hydrogen-bond acceptors (Lipinski definition) is 2. The molecule has 0 unspecified atom stereocenters. The van der Waals surface area contributed by atoms with Gasteiger partial charge in [-0.1, -0.05) is 19.6 Å². The first-order valence-electron chi connectivity index (χ1n) is 2.77. The Morgan fingerprint density at radius 1 is 1.56 bits per heavy atom. The molecule has 52 valence electrons. The Balaban J connectivity index is 0.000000640. The van der Waals surface area contributed by atoms with E-state index in [1.54, 1.807) is 6.20 Å². The van der Waals surface area contributed by atoms with Crippen molar-refractivity contribution in [2.24, 2.45) is 0 Å². The van der Waals surface area contributed by atoms with Gasteiger partial charge in [-0.2, -0.15) is 0 Å². The molecule has 0 radical (unpaired) electrons. The lowest BCUT2D eigenvalue weighted by Gasteiger charge is -1.90. The van der Waals surface area contributed by atoms with Crippen molar-refractivity contribution in [2.75, 3.05) is 0 Å². The van der Waals surface area contributed by atoms with Crippen LogP contribution < -0.4 is 0 Å². The molecule has 1 aromatic heterocycles. The van der Waals surface area contributed by atoms with Gasteiger partial charge >= 0.3 is 0 Å². The van der Waals surface area contributed by atoms with E-state index in [2.05, 4.69) is 17.2 Å². The molecule has 3 nitrogen and oxygen atoms in total. The van der Waals surface area contributed by atoms with Crippen LogP contribution in [-0.4, -0.2) is 15.0 Å². The summed E-state index contributed by atoms with van der Waals surface area (Å²) in [6, 6.07) is 0. The van der Waals surface area contributed by atoms with Gasteiger partial charge in [0.2, 0.25) is 0 Å². The fourth-order valence-electron chi connectivity index (χ4n) is 0.581. The standard InChI is InChI=1S/C5H9N3.CH4/c1-2-4-8-5-3-6-7-8;/h3,5H,2,4H2,1H3;1H4. The lowest BCUT2D eigenvalue weighted by atomic mass is 10.5. The van der Waals surface area contributed by atoms with Crippen LogP contribution in [0, 0.1) is 0 Å². The second kappa shape index (κ2) is 4.06. The molecule has 0 N–H and O–H groups in total. The van der Waals surface area contributed by atoms with E-state index in [1.807, 2.05) is 10.9 Å². The van der Waals surface area contributed by atoms with E-state index < -0.39 is 0 Å². The first-order valence-corrected chi connectivity index (χ1v) is 2.77. The normalized spacial score (nSPS) is 8.56. The summed E-state index contributed by atoms with van der Waals surface area (Å²) in [5, 5.41) is 7.43. The van der Waals surface area contributed by atoms with Crippen molar-refractivity contribution in [3.05, 3.63) is 12.4 Å². The summed E-state index contributed by atoms with van der Waals surface area (Å²) >= 11 is 0. The highest BCUT2D eigenvalue weighted by Gasteiger charge is 1.83. The van der Waals surface area contributed by atoms with E-state index in [-0.39, 0.29) is 7.43 Å². The molecule has 1 aromatic rings. The van der Waals surface area contributed by atoms with E-state index in [4.69, 9.17) is 0 Å². The quantitative estimate of drug-likeness (QED) is 0.600. The van der Waals surface area contributed by atoms with E-state index in [0.29, 0.717) is 0 Å². The topological polar surface area (TPSA) is 30.7 Å². The highest BCUT2D eigenvalue weighted by Crippen LogP contribution is 1.83. The largest absolute Gasteiger partial charge is 0.253 e. The van der Waals surface area contributed by atoms with Gasteiger partial charge in [-0.3, -0.25) is 4.68 Å². The number of hydrogen-bond donors (Lipinski definition) is 0. The Kier molecular flexibility index (Phi) is 3.67. The molecule has 0 spiro atoms. The summed E-state index contributed by atoms with van der Waals surface area (Å²) in [6.45, 7) is 3.08. The molecule has 0 aliphatic rings. The summed E-state index contributed by atoms with van der Waals surface area (Å²) in [4.78, 5) is 0. The fraction of sp³-hybridized carbons (Fsp3) is 0.667. The number of aromatic nitrogens is 3. The number of rotatable bonds is 2. The smallest absolute Gasteiger partial charge is 0.0692 e. The second-order valence-corrected chi connectivity index (χ2v) is 1.67. The maximum Gasteiger partial charge on any atom is 0.0692 e. The molecular formula is C6H13N3. The summed E-state index contributed by atoms with van der Waals surface area (Å²) in [5.41, 5.74) is 0. The molecule has 1 rings (SSSR count). The monoisotopic (exact) mass is 127 g/mol. The minimum Gasteiger partial charge on any atom is -0.253 e. The zero-order valence-corrected chi connectivity index (χ0v) is 4.91. The minimum absolute atomic E-state index is 0. The summed E-state index contributed by atoms with van der Waals surface area (Å²) in [6.07, 6.45) is 4.67. The SMILES string of the molecule is C.CCCn1ccnn1. The zero-order valence-electron chi connectivity index (χ0n) is 4.91. The fourth-order valence-corrected chi connectivity index (χ4v) is 0.581. The highest BCUT2D eigenvalue weighted by atomic mass is 15.4. The van der Waals surface area contributed by atoms with Crippen LogP contribution in [0.5, 0.6) is 0 Å². The molecule has 0 bridgehead atoms. The summed E-state index contributed by atoms with van der Waals surface area (Å²) in [7, 11) is 0. The Hall–Kier alpha value is -0.860. The van der Waals surface area contributed by atoms with Gasteiger partial charge in [-0.25, -0.2) is 0 Å². The predicted octanol–water partition coefficient (Wildman–Crippen LogP) is 1.32. The molecule has 0 aliphatic carbocycles. The van der Waals surface area contributed by atoms with E-state index in [1.165, 1.54) is 0 Å². The van der Waals surface area contributed by atoms with Crippen molar-refractivity contribution in [3.8, 4) is 0 Å². The van der Waals surface area contributed by atoms with Crippen LogP contribution >= 0.6 is 0 Å². The zero-order chi connectivity index (χ0) is 5.82. The van der Waals surface area contributed by atoms with Crippen molar-refractivity contribution < 1.29 is 0 Å². The highest BCUT2D eigenvalue weighted by molar-refractivity contribution is 4.62. The Morgan fingerprint density at radius 3 is 2.78 bits per heavy atom. The first kappa shape index (κ1) is 8.14. The van der Waals surface area contributed by atoms with Crippen LogP contribution in [0.2, 0.25) is 0 Å². The van der Waals surface area contributed by atoms with E-state index in [0.717, 1.165) is 13.0 Å². The van der Waals surface area contributed by atoms with Crippen LogP contribution in [0.25, 0.3) is 0 Å². The molecule has 0 aliphatic heterocycles. The third kappa shape index (κ3) is 2.26. The Morgan fingerprint density at radius 2 is 2.33 bits per heavy atom. The average Bonchev–Trinajstić information content (AvgIpc) is 2.19. The van der Waals surface area contributed by atoms with Crippen molar-refractivity contribution in [1.82, 2.24) is 15.0 Å². The molecule has 0 fully saturated rings. The van der Waals surface area contributed by atoms with Gasteiger partial charge in [-0.15, -0.1) is 5.10 Å². The van der Waals surface area contributed by atoms with Gasteiger partial charge in [0, 0.05) is 12.7 Å². The Labute approximate surface area is 55.7 Å². The average molecular weight is 127 g/mol. The van der Waals surface area contributed by atoms with Gasteiger partial charge in [0.1, 0.15) is 0 Å². The van der Waals surface area contributed by atoms with Crippen molar-refractivity contribution in [1.29, 1.82) is 0 Å². The molecule has 0 saturated heterocycles. The van der Waals surface area contributed by atoms with Crippen LogP contribution in [-0.2, 0) is 6.54 Å². The van der Waals surface area contributed by atoms with Gasteiger partial charge in [0.25, 0.3) is 0 Å². The van der Waals surface area contributed by atoms with Gasteiger partial charge in [0.15, 0.2) is 0 Å². The first-order chi connectivity index (χ1) is 3.93. The van der Waals surface area contributed by atoms with Crippen LogP contribution in [0.1, 0.15) is 20.8 Å². The summed E-state index contributed by atoms with van der Waals surface area (Å²) in [5.74, 6) is 0. The number of nitrogens with zero attached hydrogens (tertiary/aromatic N) is 3. The van der Waals surface area contributed by atoms with Crippen LogP contribution in [0.3, 0.4) is 0 Å². The van der Waals surface area contributed by atoms with Crippen LogP contribution in [0.15, 0.2) is 12.4 Å². The van der Waals surface area contributed by atoms with Gasteiger partial charge < -0.3 is 0 Å². The van der Waals surface area contributed by atoms with Gasteiger partial charge in [0.05, 0.1) is 6.20 Å². The second-order valence-electron chi connectivity index (χ2n) is 1.67. The van der Waals surface area contributed by atoms with E-state index >= 15 is 0 Å². The summed E-state index contributed by atoms with van der Waals surface area (Å²) < 4.78 is 1.82. The molecule has 0 aromatic carbocycles. The lowest BCUT2D eigenvalue weighted by molar-refractivity contribution is 0.579. The molecule has 1 heterocycles. The third-order valence-electron chi connectivity index (χ3n) is 0.925. The molecule has 0 saturated carbocycles. The van der Waals surface area contributed by atoms with Crippen molar-refractivity contribution in [2.45, 2.75) is 27.3 Å². The maximum atomic E-state index is 3.77. The van der Waals surface area contributed by atoms with Gasteiger partial charge in [-0.05, 0) is 6.42 Å². The number of aryl methyl sites for hydroxylation is 1. The van der Waals surface area contributed by atoms with Crippen LogP contribution in [0.4, 0.5) is 0 Å². The maximum absolute atomic E-state index is 3.77. The lowest BCUT2D eigenvalue weighted by Crippen LogP contribution is -1.96. The van der Waals surface area contributed by atoms with Crippen molar-refractivity contribution in [3.63, 3.8) is 0 Å². The molecule has 3 heteroatoms. The third-order valence-corrected chi connectivity index (χ3v) is 0.925. The minimum atomic E-state index is 0. The molecule has 0 amide bonds. The Bertz CT molecular complexity index is 134.